The van der Waals surface area contributed by atoms with E-state index in [0.29, 0.717) is 12.1 Å². The predicted octanol–water partition coefficient (Wildman–Crippen LogP) is 2.13. The predicted molar refractivity (Wildman–Crippen MR) is 96.6 cm³/mol. The van der Waals surface area contributed by atoms with Gasteiger partial charge in [0.1, 0.15) is 12.6 Å². The number of carboxylic acids is 1. The lowest BCUT2D eigenvalue weighted by atomic mass is 10.1. The standard InChI is InChI=1S/C18H13ClN4O4/c19-11-9-23(8-10-4-2-1-3-5-10)16-12(6-20)22-15(17(26)14(11)16)18(27)21-7-13(24)25/h1-5,9,26H,7-8H2,(H,21,27)(H,24,25). The molecular weight excluding hydrogens is 372 g/mol. The Morgan fingerprint density at radius 1 is 1.30 bits per heavy atom. The summed E-state index contributed by atoms with van der Waals surface area (Å²) in [6.07, 6.45) is 1.54. The van der Waals surface area contributed by atoms with Crippen molar-refractivity contribution >= 4 is 34.4 Å². The number of nitrogens with one attached hydrogen (secondary N) is 1. The van der Waals surface area contributed by atoms with E-state index < -0.39 is 29.9 Å². The highest BCUT2D eigenvalue weighted by molar-refractivity contribution is 6.36. The highest BCUT2D eigenvalue weighted by Gasteiger charge is 2.24. The maximum Gasteiger partial charge on any atom is 0.322 e. The molecule has 1 amide bonds. The van der Waals surface area contributed by atoms with Gasteiger partial charge in [0.05, 0.1) is 15.9 Å². The van der Waals surface area contributed by atoms with Crippen LogP contribution in [0.4, 0.5) is 0 Å². The van der Waals surface area contributed by atoms with E-state index in [9.17, 15) is 20.0 Å². The van der Waals surface area contributed by atoms with Gasteiger partial charge in [0.25, 0.3) is 5.91 Å². The molecule has 0 aliphatic carbocycles. The minimum atomic E-state index is -1.25. The van der Waals surface area contributed by atoms with Crippen LogP contribution in [0.15, 0.2) is 36.5 Å². The summed E-state index contributed by atoms with van der Waals surface area (Å²) in [5.74, 6) is -2.68. The number of aliphatic carboxylic acids is 1. The molecule has 0 aliphatic heterocycles. The van der Waals surface area contributed by atoms with E-state index in [-0.39, 0.29) is 16.1 Å². The van der Waals surface area contributed by atoms with E-state index in [1.165, 1.54) is 0 Å². The molecule has 3 N–H and O–H groups in total. The molecule has 0 bridgehead atoms. The van der Waals surface area contributed by atoms with E-state index >= 15 is 0 Å². The van der Waals surface area contributed by atoms with Crippen LogP contribution < -0.4 is 5.32 Å². The summed E-state index contributed by atoms with van der Waals surface area (Å²) < 4.78 is 1.66. The molecular formula is C18H13ClN4O4. The first kappa shape index (κ1) is 18.2. The number of carbonyl (C=O) groups excluding carboxylic acids is 1. The fourth-order valence-electron chi connectivity index (χ4n) is 2.72. The Balaban J connectivity index is 2.13. The van der Waals surface area contributed by atoms with Crippen molar-refractivity contribution in [3.8, 4) is 11.8 Å². The molecule has 8 nitrogen and oxygen atoms in total. The number of hydrogen-bond donors (Lipinski definition) is 3. The molecule has 0 saturated heterocycles. The zero-order valence-corrected chi connectivity index (χ0v) is 14.6. The van der Waals surface area contributed by atoms with Crippen molar-refractivity contribution < 1.29 is 19.8 Å². The summed E-state index contributed by atoms with van der Waals surface area (Å²) in [6, 6.07) is 11.3. The van der Waals surface area contributed by atoms with Crippen molar-refractivity contribution in [1.29, 1.82) is 5.26 Å². The van der Waals surface area contributed by atoms with Gasteiger partial charge in [-0.05, 0) is 5.56 Å². The summed E-state index contributed by atoms with van der Waals surface area (Å²) in [7, 11) is 0. The Morgan fingerprint density at radius 2 is 2.00 bits per heavy atom. The summed E-state index contributed by atoms with van der Waals surface area (Å²) in [4.78, 5) is 26.7. The van der Waals surface area contributed by atoms with Crippen LogP contribution in [0, 0.1) is 11.3 Å². The molecule has 0 saturated carbocycles. The van der Waals surface area contributed by atoms with Gasteiger partial charge in [0.15, 0.2) is 17.1 Å². The number of fused-ring (bicyclic) bond motifs is 1. The maximum atomic E-state index is 12.1. The van der Waals surface area contributed by atoms with Gasteiger partial charge in [-0.1, -0.05) is 41.9 Å². The molecule has 2 heterocycles. The molecule has 0 spiro atoms. The number of aromatic nitrogens is 2. The average Bonchev–Trinajstić information content (AvgIpc) is 2.97. The number of aromatic hydroxyl groups is 1. The molecule has 1 aromatic carbocycles. The Bertz CT molecular complexity index is 1090. The third-order valence-electron chi connectivity index (χ3n) is 3.86. The largest absolute Gasteiger partial charge is 0.505 e. The zero-order chi connectivity index (χ0) is 19.6. The average molecular weight is 385 g/mol. The van der Waals surface area contributed by atoms with E-state index in [1.807, 2.05) is 36.4 Å². The molecule has 3 rings (SSSR count). The van der Waals surface area contributed by atoms with Gasteiger partial charge in [-0.15, -0.1) is 0 Å². The maximum absolute atomic E-state index is 12.1. The third kappa shape index (κ3) is 3.54. The minimum Gasteiger partial charge on any atom is -0.505 e. The van der Waals surface area contributed by atoms with Crippen molar-refractivity contribution in [3.63, 3.8) is 0 Å². The number of hydrogen-bond acceptors (Lipinski definition) is 5. The highest BCUT2D eigenvalue weighted by atomic mass is 35.5. The molecule has 0 fully saturated rings. The van der Waals surface area contributed by atoms with Gasteiger partial charge in [-0.25, -0.2) is 4.98 Å². The minimum absolute atomic E-state index is 0.105. The Labute approximate surface area is 158 Å². The molecule has 3 aromatic rings. The number of carbonyl (C=O) groups is 2. The molecule has 0 unspecified atom stereocenters. The summed E-state index contributed by atoms with van der Waals surface area (Å²) in [6.45, 7) is -0.271. The second-order valence-corrected chi connectivity index (χ2v) is 6.07. The third-order valence-corrected chi connectivity index (χ3v) is 4.14. The van der Waals surface area contributed by atoms with Gasteiger partial charge < -0.3 is 20.1 Å². The van der Waals surface area contributed by atoms with Crippen LogP contribution in [-0.4, -0.2) is 38.2 Å². The van der Waals surface area contributed by atoms with E-state index in [1.54, 1.807) is 10.8 Å². The topological polar surface area (TPSA) is 128 Å². The SMILES string of the molecule is N#Cc1nc(C(=O)NCC(=O)O)c(O)c2c(Cl)cn(Cc3ccccc3)c12. The Morgan fingerprint density at radius 3 is 2.63 bits per heavy atom. The van der Waals surface area contributed by atoms with Crippen LogP contribution >= 0.6 is 11.6 Å². The first-order valence-corrected chi connectivity index (χ1v) is 8.15. The first-order chi connectivity index (χ1) is 12.9. The van der Waals surface area contributed by atoms with E-state index in [0.717, 1.165) is 5.56 Å². The number of nitrogens with zero attached hydrogens (tertiary/aromatic N) is 3. The number of rotatable bonds is 5. The smallest absolute Gasteiger partial charge is 0.322 e. The van der Waals surface area contributed by atoms with Gasteiger partial charge in [0, 0.05) is 12.7 Å². The first-order valence-electron chi connectivity index (χ1n) is 7.77. The normalized spacial score (nSPS) is 10.5. The van der Waals surface area contributed by atoms with Crippen LogP contribution in [0.25, 0.3) is 10.9 Å². The molecule has 136 valence electrons. The van der Waals surface area contributed by atoms with Crippen LogP contribution in [0.2, 0.25) is 5.02 Å². The fraction of sp³-hybridized carbons (Fsp3) is 0.111. The second-order valence-electron chi connectivity index (χ2n) is 5.66. The van der Waals surface area contributed by atoms with Crippen molar-refractivity contribution in [3.05, 3.63) is 58.5 Å². The molecule has 9 heteroatoms. The number of benzene rings is 1. The van der Waals surface area contributed by atoms with Gasteiger partial charge >= 0.3 is 5.97 Å². The van der Waals surface area contributed by atoms with Gasteiger partial charge in [-0.3, -0.25) is 9.59 Å². The number of halogens is 1. The lowest BCUT2D eigenvalue weighted by Gasteiger charge is -2.09. The zero-order valence-electron chi connectivity index (χ0n) is 13.8. The van der Waals surface area contributed by atoms with E-state index in [4.69, 9.17) is 16.7 Å². The second kappa shape index (κ2) is 7.35. The summed E-state index contributed by atoms with van der Waals surface area (Å²) in [5.41, 5.74) is 0.669. The summed E-state index contributed by atoms with van der Waals surface area (Å²) >= 11 is 6.24. The van der Waals surface area contributed by atoms with E-state index in [2.05, 4.69) is 10.3 Å². The molecule has 0 atom stereocenters. The number of pyridine rings is 1. The van der Waals surface area contributed by atoms with Crippen LogP contribution in [-0.2, 0) is 11.3 Å². The Hall–Kier alpha value is -3.57. The van der Waals surface area contributed by atoms with Crippen molar-refractivity contribution in [2.24, 2.45) is 0 Å². The molecule has 2 aromatic heterocycles. The van der Waals surface area contributed by atoms with Gasteiger partial charge in [-0.2, -0.15) is 5.26 Å². The van der Waals surface area contributed by atoms with Gasteiger partial charge in [0.2, 0.25) is 0 Å². The van der Waals surface area contributed by atoms with Crippen LogP contribution in [0.5, 0.6) is 5.75 Å². The van der Waals surface area contributed by atoms with Crippen molar-refractivity contribution in [1.82, 2.24) is 14.9 Å². The van der Waals surface area contributed by atoms with Crippen LogP contribution in [0.1, 0.15) is 21.7 Å². The lowest BCUT2D eigenvalue weighted by Crippen LogP contribution is -2.30. The monoisotopic (exact) mass is 384 g/mol. The van der Waals surface area contributed by atoms with Crippen LogP contribution in [0.3, 0.4) is 0 Å². The fourth-order valence-corrected chi connectivity index (χ4v) is 3.02. The quantitative estimate of drug-likeness (QED) is 0.618. The Kier molecular flexibility index (Phi) is 4.96. The summed E-state index contributed by atoms with van der Waals surface area (Å²) in [5, 5.41) is 31.0. The molecule has 0 aliphatic rings. The number of carboxylic acid groups (broad SMARTS) is 1. The number of nitriles is 1. The molecule has 0 radical (unpaired) electrons. The van der Waals surface area contributed by atoms with Crippen molar-refractivity contribution in [2.45, 2.75) is 6.54 Å². The highest BCUT2D eigenvalue weighted by Crippen LogP contribution is 2.37. The molecule has 27 heavy (non-hydrogen) atoms. The number of amides is 1. The lowest BCUT2D eigenvalue weighted by molar-refractivity contribution is -0.135. The van der Waals surface area contributed by atoms with Crippen molar-refractivity contribution in [2.75, 3.05) is 6.54 Å².